The van der Waals surface area contributed by atoms with Crippen LogP contribution in [0.5, 0.6) is 0 Å². The average molecular weight is 254 g/mol. The van der Waals surface area contributed by atoms with Crippen LogP contribution in [0.4, 0.5) is 0 Å². The van der Waals surface area contributed by atoms with Crippen molar-refractivity contribution in [1.29, 1.82) is 0 Å². The summed E-state index contributed by atoms with van der Waals surface area (Å²) in [5.74, 6) is -0.636. The predicted octanol–water partition coefficient (Wildman–Crippen LogP) is -0.649. The maximum atomic E-state index is 12.3. The molecule has 0 aromatic carbocycles. The molecule has 2 heterocycles. The van der Waals surface area contributed by atoms with Crippen LogP contribution in [0.2, 0.25) is 0 Å². The maximum Gasteiger partial charge on any atom is 0.266 e. The van der Waals surface area contributed by atoms with E-state index in [2.05, 4.69) is 10.3 Å². The first kappa shape index (κ1) is 12.0. The summed E-state index contributed by atoms with van der Waals surface area (Å²) in [5, 5.41) is 3.05. The van der Waals surface area contributed by atoms with E-state index in [0.717, 1.165) is 0 Å². The third-order valence-corrected chi connectivity index (χ3v) is 3.69. The number of hydrogen-bond acceptors (Lipinski definition) is 5. The Morgan fingerprint density at radius 3 is 3.00 bits per heavy atom. The van der Waals surface area contributed by atoms with E-state index in [0.29, 0.717) is 30.2 Å². The Morgan fingerprint density at radius 2 is 2.41 bits per heavy atom. The third-order valence-electron chi connectivity index (χ3n) is 2.77. The highest BCUT2D eigenvalue weighted by Gasteiger charge is 2.32. The number of carbonyl (C=O) groups excluding carboxylic acids is 2. The standard InChI is InChI=1S/C10H14N4O2S/c1-6-8(17-5-13-6)10(16)14-3-2-12-4-7(14)9(11)15/h5,7,12H,2-4H2,1H3,(H2,11,15). The van der Waals surface area contributed by atoms with Crippen molar-refractivity contribution in [2.75, 3.05) is 19.6 Å². The van der Waals surface area contributed by atoms with Crippen molar-refractivity contribution in [1.82, 2.24) is 15.2 Å². The summed E-state index contributed by atoms with van der Waals surface area (Å²) in [4.78, 5) is 29.7. The molecule has 92 valence electrons. The molecule has 0 spiro atoms. The number of thiazole rings is 1. The van der Waals surface area contributed by atoms with Gasteiger partial charge in [0, 0.05) is 19.6 Å². The van der Waals surface area contributed by atoms with Crippen molar-refractivity contribution >= 4 is 23.2 Å². The molecule has 1 atom stereocenters. The van der Waals surface area contributed by atoms with E-state index in [1.807, 2.05) is 0 Å². The van der Waals surface area contributed by atoms with Gasteiger partial charge in [0.2, 0.25) is 5.91 Å². The van der Waals surface area contributed by atoms with E-state index in [1.54, 1.807) is 12.4 Å². The lowest BCUT2D eigenvalue weighted by atomic mass is 10.1. The fourth-order valence-electron chi connectivity index (χ4n) is 1.84. The Hall–Kier alpha value is -1.47. The minimum atomic E-state index is -0.572. The molecule has 1 unspecified atom stereocenters. The number of aromatic nitrogens is 1. The summed E-state index contributed by atoms with van der Waals surface area (Å²) in [6.07, 6.45) is 0. The van der Waals surface area contributed by atoms with Gasteiger partial charge < -0.3 is 16.0 Å². The van der Waals surface area contributed by atoms with Crippen molar-refractivity contribution in [3.63, 3.8) is 0 Å². The number of rotatable bonds is 2. The van der Waals surface area contributed by atoms with Gasteiger partial charge in [0.1, 0.15) is 10.9 Å². The van der Waals surface area contributed by atoms with Crippen LogP contribution in [0, 0.1) is 6.92 Å². The molecule has 1 aromatic rings. The van der Waals surface area contributed by atoms with Gasteiger partial charge in [0.05, 0.1) is 11.2 Å². The van der Waals surface area contributed by atoms with E-state index in [9.17, 15) is 9.59 Å². The number of primary amides is 1. The fraction of sp³-hybridized carbons (Fsp3) is 0.500. The Bertz CT molecular complexity index is 445. The van der Waals surface area contributed by atoms with Crippen molar-refractivity contribution in [3.8, 4) is 0 Å². The highest BCUT2D eigenvalue weighted by Crippen LogP contribution is 2.17. The Balaban J connectivity index is 2.23. The lowest BCUT2D eigenvalue weighted by Gasteiger charge is -2.33. The minimum absolute atomic E-state index is 0.157. The zero-order valence-corrected chi connectivity index (χ0v) is 10.3. The summed E-state index contributed by atoms with van der Waals surface area (Å²) in [6.45, 7) is 3.36. The minimum Gasteiger partial charge on any atom is -0.368 e. The highest BCUT2D eigenvalue weighted by molar-refractivity contribution is 7.11. The van der Waals surface area contributed by atoms with Gasteiger partial charge in [0.25, 0.3) is 5.91 Å². The number of aryl methyl sites for hydroxylation is 1. The molecule has 1 aliphatic heterocycles. The fourth-order valence-corrected chi connectivity index (χ4v) is 2.60. The molecule has 0 aliphatic carbocycles. The number of nitrogens with zero attached hydrogens (tertiary/aromatic N) is 2. The molecule has 1 aromatic heterocycles. The van der Waals surface area contributed by atoms with E-state index < -0.39 is 11.9 Å². The van der Waals surface area contributed by atoms with Crippen molar-refractivity contribution in [3.05, 3.63) is 16.1 Å². The molecule has 0 saturated carbocycles. The number of nitrogens with two attached hydrogens (primary N) is 1. The SMILES string of the molecule is Cc1ncsc1C(=O)N1CCNCC1C(N)=O. The van der Waals surface area contributed by atoms with Gasteiger partial charge in [-0.2, -0.15) is 0 Å². The molecule has 1 aliphatic rings. The first-order valence-corrected chi connectivity index (χ1v) is 6.20. The van der Waals surface area contributed by atoms with E-state index in [1.165, 1.54) is 16.2 Å². The van der Waals surface area contributed by atoms with Crippen LogP contribution in [0.25, 0.3) is 0 Å². The Morgan fingerprint density at radius 1 is 1.65 bits per heavy atom. The van der Waals surface area contributed by atoms with Gasteiger partial charge in [0.15, 0.2) is 0 Å². The largest absolute Gasteiger partial charge is 0.368 e. The topological polar surface area (TPSA) is 88.3 Å². The van der Waals surface area contributed by atoms with Crippen LogP contribution in [0.15, 0.2) is 5.51 Å². The summed E-state index contributed by atoms with van der Waals surface area (Å²) in [5.41, 5.74) is 7.63. The number of amides is 2. The molecule has 2 rings (SSSR count). The lowest BCUT2D eigenvalue weighted by Crippen LogP contribution is -2.58. The van der Waals surface area contributed by atoms with E-state index in [4.69, 9.17) is 5.73 Å². The molecule has 7 heteroatoms. The molecule has 17 heavy (non-hydrogen) atoms. The van der Waals surface area contributed by atoms with Gasteiger partial charge in [-0.15, -0.1) is 11.3 Å². The molecule has 3 N–H and O–H groups in total. The van der Waals surface area contributed by atoms with Crippen LogP contribution in [-0.4, -0.2) is 47.4 Å². The summed E-state index contributed by atoms with van der Waals surface area (Å²) < 4.78 is 0. The normalized spacial score (nSPS) is 20.3. The van der Waals surface area contributed by atoms with E-state index in [-0.39, 0.29) is 5.91 Å². The summed E-state index contributed by atoms with van der Waals surface area (Å²) >= 11 is 1.29. The second kappa shape index (κ2) is 4.80. The first-order chi connectivity index (χ1) is 8.11. The summed E-state index contributed by atoms with van der Waals surface area (Å²) in [6, 6.07) is -0.572. The Kier molecular flexibility index (Phi) is 3.39. The molecule has 6 nitrogen and oxygen atoms in total. The predicted molar refractivity (Wildman–Crippen MR) is 63.7 cm³/mol. The third kappa shape index (κ3) is 2.29. The van der Waals surface area contributed by atoms with Gasteiger partial charge in [-0.1, -0.05) is 0 Å². The molecular weight excluding hydrogens is 240 g/mol. The molecule has 0 radical (unpaired) electrons. The van der Waals surface area contributed by atoms with Crippen LogP contribution < -0.4 is 11.1 Å². The van der Waals surface area contributed by atoms with Crippen molar-refractivity contribution in [2.45, 2.75) is 13.0 Å². The number of carbonyl (C=O) groups is 2. The van der Waals surface area contributed by atoms with Gasteiger partial charge in [-0.05, 0) is 6.92 Å². The average Bonchev–Trinajstić information content (AvgIpc) is 2.74. The lowest BCUT2D eigenvalue weighted by molar-refractivity contribution is -0.122. The maximum absolute atomic E-state index is 12.3. The number of hydrogen-bond donors (Lipinski definition) is 2. The van der Waals surface area contributed by atoms with Crippen LogP contribution >= 0.6 is 11.3 Å². The zero-order chi connectivity index (χ0) is 12.4. The second-order valence-corrected chi connectivity index (χ2v) is 4.74. The monoisotopic (exact) mass is 254 g/mol. The van der Waals surface area contributed by atoms with Gasteiger partial charge in [-0.25, -0.2) is 4.98 Å². The molecule has 1 fully saturated rings. The number of nitrogens with one attached hydrogen (secondary N) is 1. The van der Waals surface area contributed by atoms with Crippen molar-refractivity contribution in [2.24, 2.45) is 5.73 Å². The first-order valence-electron chi connectivity index (χ1n) is 5.32. The van der Waals surface area contributed by atoms with Gasteiger partial charge >= 0.3 is 0 Å². The second-order valence-electron chi connectivity index (χ2n) is 3.89. The summed E-state index contributed by atoms with van der Waals surface area (Å²) in [7, 11) is 0. The van der Waals surface area contributed by atoms with Crippen molar-refractivity contribution < 1.29 is 9.59 Å². The van der Waals surface area contributed by atoms with Crippen LogP contribution in [-0.2, 0) is 4.79 Å². The molecule has 2 amide bonds. The zero-order valence-electron chi connectivity index (χ0n) is 9.47. The Labute approximate surface area is 103 Å². The van der Waals surface area contributed by atoms with Crippen LogP contribution in [0.3, 0.4) is 0 Å². The van der Waals surface area contributed by atoms with E-state index >= 15 is 0 Å². The molecule has 0 bridgehead atoms. The molecular formula is C10H14N4O2S. The smallest absolute Gasteiger partial charge is 0.266 e. The highest BCUT2D eigenvalue weighted by atomic mass is 32.1. The number of piperazine rings is 1. The van der Waals surface area contributed by atoms with Crippen LogP contribution in [0.1, 0.15) is 15.4 Å². The van der Waals surface area contributed by atoms with Gasteiger partial charge in [-0.3, -0.25) is 9.59 Å². The quantitative estimate of drug-likeness (QED) is 0.734. The molecule has 1 saturated heterocycles.